The summed E-state index contributed by atoms with van der Waals surface area (Å²) in [6.07, 6.45) is 1.18. The Morgan fingerprint density at radius 3 is 3.12 bits per heavy atom. The van der Waals surface area contributed by atoms with E-state index in [1.165, 1.54) is 17.7 Å². The second-order valence-corrected chi connectivity index (χ2v) is 5.98. The summed E-state index contributed by atoms with van der Waals surface area (Å²) < 4.78 is 1.13. The molecule has 2 aliphatic heterocycles. The van der Waals surface area contributed by atoms with E-state index in [0.29, 0.717) is 12.0 Å². The van der Waals surface area contributed by atoms with Crippen LogP contribution >= 0.6 is 15.9 Å². The fourth-order valence-electron chi connectivity index (χ4n) is 3.23. The highest BCUT2D eigenvalue weighted by Crippen LogP contribution is 2.41. The standard InChI is InChI=1S/C13H18BrN3/c1-17-11-4-5-16-7-10(11)13(15)9-3-2-8(14)6-12(9)17/h2-3,6,10-11,13,16H,4-5,7,15H2,1H3. The lowest BCUT2D eigenvalue weighted by molar-refractivity contribution is 0.263. The lowest BCUT2D eigenvalue weighted by Crippen LogP contribution is -2.55. The summed E-state index contributed by atoms with van der Waals surface area (Å²) in [5, 5.41) is 3.46. The van der Waals surface area contributed by atoms with Crippen LogP contribution in [0, 0.1) is 5.92 Å². The van der Waals surface area contributed by atoms with E-state index in [9.17, 15) is 0 Å². The smallest absolute Gasteiger partial charge is 0.0426 e. The topological polar surface area (TPSA) is 41.3 Å². The summed E-state index contributed by atoms with van der Waals surface area (Å²) >= 11 is 3.55. The molecular weight excluding hydrogens is 278 g/mol. The maximum Gasteiger partial charge on any atom is 0.0426 e. The lowest BCUT2D eigenvalue weighted by atomic mass is 9.79. The molecule has 17 heavy (non-hydrogen) atoms. The van der Waals surface area contributed by atoms with Crippen LogP contribution < -0.4 is 16.0 Å². The molecule has 0 bridgehead atoms. The quantitative estimate of drug-likeness (QED) is 0.768. The number of hydrogen-bond acceptors (Lipinski definition) is 3. The van der Waals surface area contributed by atoms with Crippen LogP contribution in [0.5, 0.6) is 0 Å². The first-order valence-electron chi connectivity index (χ1n) is 6.17. The third-order valence-corrected chi connectivity index (χ3v) is 4.67. The van der Waals surface area contributed by atoms with E-state index in [4.69, 9.17) is 5.73 Å². The zero-order valence-corrected chi connectivity index (χ0v) is 11.6. The summed E-state index contributed by atoms with van der Waals surface area (Å²) in [4.78, 5) is 2.41. The van der Waals surface area contributed by atoms with Crippen molar-refractivity contribution in [1.82, 2.24) is 5.32 Å². The predicted octanol–water partition coefficient (Wildman–Crippen LogP) is 1.88. The molecule has 2 aliphatic rings. The molecule has 3 N–H and O–H groups in total. The van der Waals surface area contributed by atoms with E-state index in [1.807, 2.05) is 0 Å². The number of halogens is 1. The Labute approximate surface area is 110 Å². The van der Waals surface area contributed by atoms with Crippen LogP contribution in [0.2, 0.25) is 0 Å². The second-order valence-electron chi connectivity index (χ2n) is 5.06. The largest absolute Gasteiger partial charge is 0.371 e. The van der Waals surface area contributed by atoms with Crippen molar-refractivity contribution < 1.29 is 0 Å². The number of nitrogens with zero attached hydrogens (tertiary/aromatic N) is 1. The molecule has 0 radical (unpaired) electrons. The van der Waals surface area contributed by atoms with Crippen LogP contribution in [0.4, 0.5) is 5.69 Å². The van der Waals surface area contributed by atoms with E-state index < -0.39 is 0 Å². The molecule has 1 saturated heterocycles. The van der Waals surface area contributed by atoms with Gasteiger partial charge in [-0.2, -0.15) is 0 Å². The third-order valence-electron chi connectivity index (χ3n) is 4.18. The van der Waals surface area contributed by atoms with Crippen molar-refractivity contribution in [2.24, 2.45) is 11.7 Å². The van der Waals surface area contributed by atoms with Crippen molar-refractivity contribution in [3.8, 4) is 0 Å². The summed E-state index contributed by atoms with van der Waals surface area (Å²) in [5.74, 6) is 0.530. The van der Waals surface area contributed by atoms with Crippen LogP contribution in [0.3, 0.4) is 0 Å². The van der Waals surface area contributed by atoms with Crippen LogP contribution in [-0.4, -0.2) is 26.2 Å². The molecule has 1 aromatic carbocycles. The molecule has 0 aromatic heterocycles. The highest BCUT2D eigenvalue weighted by atomic mass is 79.9. The predicted molar refractivity (Wildman–Crippen MR) is 74.2 cm³/mol. The minimum absolute atomic E-state index is 0.159. The highest BCUT2D eigenvalue weighted by molar-refractivity contribution is 9.10. The van der Waals surface area contributed by atoms with Crippen molar-refractivity contribution in [2.75, 3.05) is 25.0 Å². The molecule has 92 valence electrons. The molecule has 3 nitrogen and oxygen atoms in total. The van der Waals surface area contributed by atoms with Crippen molar-refractivity contribution in [2.45, 2.75) is 18.5 Å². The second kappa shape index (κ2) is 4.26. The maximum atomic E-state index is 6.43. The average molecular weight is 296 g/mol. The average Bonchev–Trinajstić information content (AvgIpc) is 2.36. The summed E-state index contributed by atoms with van der Waals surface area (Å²) in [7, 11) is 2.19. The van der Waals surface area contributed by atoms with Crippen molar-refractivity contribution >= 4 is 21.6 Å². The lowest BCUT2D eigenvalue weighted by Gasteiger charge is -2.47. The molecule has 0 spiro atoms. The first-order valence-corrected chi connectivity index (χ1v) is 6.96. The van der Waals surface area contributed by atoms with Crippen LogP contribution in [-0.2, 0) is 0 Å². The van der Waals surface area contributed by atoms with Crippen LogP contribution in [0.15, 0.2) is 22.7 Å². The van der Waals surface area contributed by atoms with Gasteiger partial charge in [-0.1, -0.05) is 22.0 Å². The van der Waals surface area contributed by atoms with Crippen LogP contribution in [0.25, 0.3) is 0 Å². The Morgan fingerprint density at radius 2 is 2.29 bits per heavy atom. The molecule has 3 atom stereocenters. The number of hydrogen-bond donors (Lipinski definition) is 2. The van der Waals surface area contributed by atoms with Gasteiger partial charge in [-0.3, -0.25) is 0 Å². The number of benzene rings is 1. The van der Waals surface area contributed by atoms with Gasteiger partial charge < -0.3 is 16.0 Å². The normalized spacial score (nSPS) is 31.9. The van der Waals surface area contributed by atoms with Crippen molar-refractivity contribution in [3.63, 3.8) is 0 Å². The minimum Gasteiger partial charge on any atom is -0.371 e. The van der Waals surface area contributed by atoms with E-state index in [2.05, 4.69) is 51.4 Å². The summed E-state index contributed by atoms with van der Waals surface area (Å²) in [5.41, 5.74) is 9.00. The van der Waals surface area contributed by atoms with Gasteiger partial charge in [0, 0.05) is 41.8 Å². The van der Waals surface area contributed by atoms with Gasteiger partial charge in [0.25, 0.3) is 0 Å². The van der Waals surface area contributed by atoms with E-state index in [0.717, 1.165) is 17.6 Å². The number of piperidine rings is 1. The number of rotatable bonds is 0. The van der Waals surface area contributed by atoms with Crippen LogP contribution in [0.1, 0.15) is 18.0 Å². The molecule has 4 heteroatoms. The molecule has 3 unspecified atom stereocenters. The first kappa shape index (κ1) is 11.5. The van der Waals surface area contributed by atoms with Gasteiger partial charge in [-0.25, -0.2) is 0 Å². The monoisotopic (exact) mass is 295 g/mol. The van der Waals surface area contributed by atoms with Gasteiger partial charge in [0.15, 0.2) is 0 Å². The first-order chi connectivity index (χ1) is 8.18. The molecule has 0 aliphatic carbocycles. The SMILES string of the molecule is CN1c2cc(Br)ccc2C(N)C2CNCCC21. The Kier molecular flexibility index (Phi) is 2.89. The number of fused-ring (bicyclic) bond motifs is 2. The Morgan fingerprint density at radius 1 is 1.47 bits per heavy atom. The van der Waals surface area contributed by atoms with Gasteiger partial charge >= 0.3 is 0 Å². The van der Waals surface area contributed by atoms with E-state index in [1.54, 1.807) is 0 Å². The summed E-state index contributed by atoms with van der Waals surface area (Å²) in [6.45, 7) is 2.13. The molecule has 1 aromatic rings. The van der Waals surface area contributed by atoms with Gasteiger partial charge in [0.2, 0.25) is 0 Å². The number of nitrogens with two attached hydrogens (primary N) is 1. The molecule has 0 saturated carbocycles. The molecule has 1 fully saturated rings. The Bertz CT molecular complexity index is 435. The Balaban J connectivity index is 2.07. The maximum absolute atomic E-state index is 6.43. The van der Waals surface area contributed by atoms with Gasteiger partial charge in [0.1, 0.15) is 0 Å². The molecule has 2 heterocycles. The van der Waals surface area contributed by atoms with Crippen molar-refractivity contribution in [3.05, 3.63) is 28.2 Å². The fraction of sp³-hybridized carbons (Fsp3) is 0.538. The highest BCUT2D eigenvalue weighted by Gasteiger charge is 2.39. The van der Waals surface area contributed by atoms with E-state index >= 15 is 0 Å². The minimum atomic E-state index is 0.159. The zero-order chi connectivity index (χ0) is 12.0. The third kappa shape index (κ3) is 1.79. The van der Waals surface area contributed by atoms with Crippen molar-refractivity contribution in [1.29, 1.82) is 0 Å². The Hall–Kier alpha value is -0.580. The van der Waals surface area contributed by atoms with Gasteiger partial charge in [0.05, 0.1) is 0 Å². The zero-order valence-electron chi connectivity index (χ0n) is 9.99. The van der Waals surface area contributed by atoms with E-state index in [-0.39, 0.29) is 6.04 Å². The number of nitrogens with one attached hydrogen (secondary N) is 1. The van der Waals surface area contributed by atoms with Gasteiger partial charge in [-0.05, 0) is 30.7 Å². The molecule has 0 amide bonds. The summed E-state index contributed by atoms with van der Waals surface area (Å²) in [6, 6.07) is 7.17. The molecular formula is C13H18BrN3. The number of anilines is 1. The fourth-order valence-corrected chi connectivity index (χ4v) is 3.58. The van der Waals surface area contributed by atoms with Gasteiger partial charge in [-0.15, -0.1) is 0 Å². The molecule has 3 rings (SSSR count).